The number of carbonyl (C=O) groups excluding carboxylic acids is 1. The van der Waals surface area contributed by atoms with Gasteiger partial charge in [-0.2, -0.15) is 0 Å². The van der Waals surface area contributed by atoms with Gasteiger partial charge in [-0.3, -0.25) is 9.69 Å². The van der Waals surface area contributed by atoms with E-state index in [9.17, 15) is 4.79 Å². The van der Waals surface area contributed by atoms with Gasteiger partial charge in [0, 0.05) is 26.2 Å². The van der Waals surface area contributed by atoms with Crippen molar-refractivity contribution in [1.29, 1.82) is 0 Å². The van der Waals surface area contributed by atoms with Crippen LogP contribution in [0.4, 0.5) is 0 Å². The molecule has 1 unspecified atom stereocenters. The van der Waals surface area contributed by atoms with Crippen molar-refractivity contribution in [2.75, 3.05) is 39.3 Å². The highest BCUT2D eigenvalue weighted by Crippen LogP contribution is 2.13. The summed E-state index contributed by atoms with van der Waals surface area (Å²) in [5, 5.41) is 8.96. The van der Waals surface area contributed by atoms with E-state index >= 15 is 0 Å². The van der Waals surface area contributed by atoms with Crippen LogP contribution in [0.25, 0.3) is 0 Å². The van der Waals surface area contributed by atoms with E-state index in [0.717, 1.165) is 38.9 Å². The molecule has 1 rings (SSSR count). The topological polar surface area (TPSA) is 69.8 Å². The van der Waals surface area contributed by atoms with E-state index in [0.29, 0.717) is 18.1 Å². The highest BCUT2D eigenvalue weighted by Gasteiger charge is 2.27. The molecule has 0 radical (unpaired) electrons. The summed E-state index contributed by atoms with van der Waals surface area (Å²) in [4.78, 5) is 16.8. The minimum absolute atomic E-state index is 0.0696. The van der Waals surface area contributed by atoms with Crippen LogP contribution in [0.15, 0.2) is 0 Å². The van der Waals surface area contributed by atoms with Crippen LogP contribution in [0.3, 0.4) is 0 Å². The lowest BCUT2D eigenvalue weighted by Crippen LogP contribution is -2.43. The molecule has 0 aromatic heterocycles. The quantitative estimate of drug-likeness (QED) is 0.684. The van der Waals surface area contributed by atoms with Crippen LogP contribution in [0.5, 0.6) is 0 Å². The van der Waals surface area contributed by atoms with Gasteiger partial charge in [-0.05, 0) is 19.4 Å². The predicted octanol–water partition coefficient (Wildman–Crippen LogP) is 0.215. The molecule has 3 N–H and O–H groups in total. The third-order valence-electron chi connectivity index (χ3n) is 3.54. The molecule has 19 heavy (non-hydrogen) atoms. The van der Waals surface area contributed by atoms with E-state index in [-0.39, 0.29) is 18.4 Å². The minimum Gasteiger partial charge on any atom is -0.395 e. The second kappa shape index (κ2) is 8.45. The minimum atomic E-state index is -0.315. The van der Waals surface area contributed by atoms with Gasteiger partial charge in [0.2, 0.25) is 5.91 Å². The highest BCUT2D eigenvalue weighted by atomic mass is 32.1. The number of thiocarbonyl (C=S) groups is 1. The molecule has 1 fully saturated rings. The van der Waals surface area contributed by atoms with E-state index < -0.39 is 0 Å². The summed E-state index contributed by atoms with van der Waals surface area (Å²) >= 11 is 5.01. The smallest absolute Gasteiger partial charge is 0.232 e. The molecule has 1 amide bonds. The lowest BCUT2D eigenvalue weighted by atomic mass is 10.0. The first-order valence-electron chi connectivity index (χ1n) is 7.01. The lowest BCUT2D eigenvalue weighted by Gasteiger charge is -2.25. The lowest BCUT2D eigenvalue weighted by molar-refractivity contribution is -0.133. The van der Waals surface area contributed by atoms with Gasteiger partial charge in [-0.15, -0.1) is 0 Å². The molecule has 1 saturated heterocycles. The average molecular weight is 287 g/mol. The Hall–Kier alpha value is -0.720. The fourth-order valence-electron chi connectivity index (χ4n) is 2.45. The number of nitrogens with two attached hydrogens (primary N) is 1. The molecule has 1 aliphatic rings. The summed E-state index contributed by atoms with van der Waals surface area (Å²) in [5.41, 5.74) is 5.68. The Morgan fingerprint density at radius 1 is 1.37 bits per heavy atom. The zero-order valence-corrected chi connectivity index (χ0v) is 12.5. The molecule has 1 heterocycles. The van der Waals surface area contributed by atoms with E-state index in [1.807, 2.05) is 11.8 Å². The molecule has 0 aliphatic carbocycles. The third-order valence-corrected chi connectivity index (χ3v) is 3.82. The number of carbonyl (C=O) groups is 1. The van der Waals surface area contributed by atoms with E-state index in [2.05, 4.69) is 4.90 Å². The number of β-amino-alcohol motifs (C(OH)–C–C–N with tert-alkyl or cyclic N) is 1. The van der Waals surface area contributed by atoms with Gasteiger partial charge in [0.25, 0.3) is 0 Å². The maximum absolute atomic E-state index is 12.4. The summed E-state index contributed by atoms with van der Waals surface area (Å²) in [5.74, 6) is -0.246. The number of rotatable bonds is 6. The molecule has 0 bridgehead atoms. The monoisotopic (exact) mass is 287 g/mol. The molecule has 6 heteroatoms. The van der Waals surface area contributed by atoms with E-state index in [1.165, 1.54) is 0 Å². The SMILES string of the molecule is CCCC(C(=O)N1CCCN(CCO)CC1)C(N)=S. The predicted molar refractivity (Wildman–Crippen MR) is 79.9 cm³/mol. The van der Waals surface area contributed by atoms with Crippen LogP contribution in [-0.4, -0.2) is 65.1 Å². The Labute approximate surface area is 120 Å². The first kappa shape index (κ1) is 16.3. The van der Waals surface area contributed by atoms with Crippen molar-refractivity contribution in [3.05, 3.63) is 0 Å². The van der Waals surface area contributed by atoms with Crippen LogP contribution in [0.1, 0.15) is 26.2 Å². The van der Waals surface area contributed by atoms with Crippen molar-refractivity contribution in [3.8, 4) is 0 Å². The standard InChI is InChI=1S/C13H25N3O2S/c1-2-4-11(12(14)19)13(18)16-6-3-5-15(7-8-16)9-10-17/h11,17H,2-10H2,1H3,(H2,14,19). The molecule has 1 atom stereocenters. The highest BCUT2D eigenvalue weighted by molar-refractivity contribution is 7.80. The second-order valence-electron chi connectivity index (χ2n) is 4.99. The molecule has 110 valence electrons. The molecular weight excluding hydrogens is 262 g/mol. The zero-order valence-electron chi connectivity index (χ0n) is 11.7. The van der Waals surface area contributed by atoms with Gasteiger partial charge in [0.15, 0.2) is 0 Å². The molecular formula is C13H25N3O2S. The van der Waals surface area contributed by atoms with Crippen molar-refractivity contribution in [1.82, 2.24) is 9.80 Å². The first-order chi connectivity index (χ1) is 9.10. The number of hydrogen-bond donors (Lipinski definition) is 2. The van der Waals surface area contributed by atoms with Crippen LogP contribution in [0, 0.1) is 5.92 Å². The van der Waals surface area contributed by atoms with Crippen LogP contribution < -0.4 is 5.73 Å². The molecule has 0 aromatic carbocycles. The van der Waals surface area contributed by atoms with Crippen LogP contribution in [0.2, 0.25) is 0 Å². The van der Waals surface area contributed by atoms with Crippen molar-refractivity contribution >= 4 is 23.1 Å². The summed E-state index contributed by atoms with van der Waals surface area (Å²) in [6.07, 6.45) is 2.56. The molecule has 0 saturated carbocycles. The average Bonchev–Trinajstić information content (AvgIpc) is 2.61. The summed E-state index contributed by atoms with van der Waals surface area (Å²) in [7, 11) is 0. The Balaban J connectivity index is 2.58. The van der Waals surface area contributed by atoms with Crippen LogP contribution >= 0.6 is 12.2 Å². The van der Waals surface area contributed by atoms with E-state index in [1.54, 1.807) is 0 Å². The van der Waals surface area contributed by atoms with Gasteiger partial charge < -0.3 is 15.7 Å². The third kappa shape index (κ3) is 5.04. The fraction of sp³-hybridized carbons (Fsp3) is 0.846. The molecule has 5 nitrogen and oxygen atoms in total. The number of hydrogen-bond acceptors (Lipinski definition) is 4. The Morgan fingerprint density at radius 2 is 2.11 bits per heavy atom. The normalized spacial score (nSPS) is 18.9. The number of aliphatic hydroxyl groups is 1. The number of nitrogens with zero attached hydrogens (tertiary/aromatic N) is 2. The molecule has 0 aromatic rings. The van der Waals surface area contributed by atoms with Gasteiger partial charge in [-0.1, -0.05) is 25.6 Å². The summed E-state index contributed by atoms with van der Waals surface area (Å²) < 4.78 is 0. The van der Waals surface area contributed by atoms with Crippen molar-refractivity contribution < 1.29 is 9.90 Å². The zero-order chi connectivity index (χ0) is 14.3. The Bertz CT molecular complexity index is 312. The van der Waals surface area contributed by atoms with Gasteiger partial charge in [-0.25, -0.2) is 0 Å². The van der Waals surface area contributed by atoms with Gasteiger partial charge in [0.05, 0.1) is 17.5 Å². The Morgan fingerprint density at radius 3 is 2.68 bits per heavy atom. The Kier molecular flexibility index (Phi) is 7.27. The second-order valence-corrected chi connectivity index (χ2v) is 5.46. The molecule has 1 aliphatic heterocycles. The first-order valence-corrected chi connectivity index (χ1v) is 7.42. The maximum Gasteiger partial charge on any atom is 0.232 e. The van der Waals surface area contributed by atoms with Crippen molar-refractivity contribution in [3.63, 3.8) is 0 Å². The van der Waals surface area contributed by atoms with Crippen LogP contribution in [-0.2, 0) is 4.79 Å². The summed E-state index contributed by atoms with van der Waals surface area (Å²) in [6.45, 7) is 6.06. The number of amides is 1. The molecule has 0 spiro atoms. The number of aliphatic hydroxyl groups excluding tert-OH is 1. The maximum atomic E-state index is 12.4. The fourth-order valence-corrected chi connectivity index (χ4v) is 2.67. The summed E-state index contributed by atoms with van der Waals surface area (Å²) in [6, 6.07) is 0. The van der Waals surface area contributed by atoms with Gasteiger partial charge >= 0.3 is 0 Å². The van der Waals surface area contributed by atoms with Gasteiger partial charge in [0.1, 0.15) is 0 Å². The van der Waals surface area contributed by atoms with Crippen molar-refractivity contribution in [2.45, 2.75) is 26.2 Å². The van der Waals surface area contributed by atoms with E-state index in [4.69, 9.17) is 23.1 Å². The van der Waals surface area contributed by atoms with Crippen molar-refractivity contribution in [2.24, 2.45) is 11.7 Å². The largest absolute Gasteiger partial charge is 0.395 e.